The first-order chi connectivity index (χ1) is 8.22. The molecule has 2 rings (SSSR count). The van der Waals surface area contributed by atoms with Gasteiger partial charge in [0.1, 0.15) is 17.7 Å². The Hall–Kier alpha value is -1.59. The molecular weight excluding hydrogens is 236 g/mol. The van der Waals surface area contributed by atoms with E-state index in [1.807, 2.05) is 0 Å². The number of hydrogen-bond acceptors (Lipinski definition) is 4. The molecule has 2 saturated heterocycles. The maximum Gasteiger partial charge on any atom is 0.411 e. The Kier molecular flexibility index (Phi) is 2.83. The second-order valence-electron chi connectivity index (χ2n) is 5.73. The number of fused-ring (bicyclic) bond motifs is 2. The van der Waals surface area contributed by atoms with Crippen LogP contribution in [-0.2, 0) is 14.3 Å². The third kappa shape index (κ3) is 1.95. The molecule has 6 heteroatoms. The summed E-state index contributed by atoms with van der Waals surface area (Å²) >= 11 is 0. The number of ether oxygens (including phenoxy) is 1. The molecule has 2 fully saturated rings. The van der Waals surface area contributed by atoms with Crippen molar-refractivity contribution in [2.75, 3.05) is 7.05 Å². The van der Waals surface area contributed by atoms with Gasteiger partial charge in [0.05, 0.1) is 0 Å². The molecular formula is C12H18N2O4. The molecule has 2 aliphatic rings. The van der Waals surface area contributed by atoms with E-state index in [2.05, 4.69) is 0 Å². The average molecular weight is 254 g/mol. The van der Waals surface area contributed by atoms with Gasteiger partial charge in [-0.15, -0.1) is 0 Å². The molecule has 3 amide bonds. The maximum atomic E-state index is 12.1. The Bertz CT molecular complexity index is 389. The van der Waals surface area contributed by atoms with E-state index in [9.17, 15) is 14.4 Å². The highest BCUT2D eigenvalue weighted by Gasteiger charge is 2.52. The van der Waals surface area contributed by atoms with Crippen molar-refractivity contribution in [3.63, 3.8) is 0 Å². The van der Waals surface area contributed by atoms with Crippen molar-refractivity contribution >= 4 is 17.9 Å². The first kappa shape index (κ1) is 12.9. The molecule has 100 valence electrons. The molecule has 2 bridgehead atoms. The van der Waals surface area contributed by atoms with E-state index < -0.39 is 23.8 Å². The molecule has 0 aromatic heterocycles. The van der Waals surface area contributed by atoms with E-state index in [0.29, 0.717) is 12.8 Å². The van der Waals surface area contributed by atoms with Gasteiger partial charge in [-0.25, -0.2) is 4.79 Å². The monoisotopic (exact) mass is 254 g/mol. The molecule has 18 heavy (non-hydrogen) atoms. The summed E-state index contributed by atoms with van der Waals surface area (Å²) in [5.74, 6) is -0.640. The summed E-state index contributed by atoms with van der Waals surface area (Å²) in [7, 11) is 1.46. The number of carbonyl (C=O) groups is 3. The number of amides is 3. The number of hydrogen-bond donors (Lipinski definition) is 0. The molecule has 0 unspecified atom stereocenters. The Morgan fingerprint density at radius 2 is 1.61 bits per heavy atom. The number of nitrogens with zero attached hydrogens (tertiary/aromatic N) is 2. The maximum absolute atomic E-state index is 12.1. The lowest BCUT2D eigenvalue weighted by molar-refractivity contribution is -0.154. The Labute approximate surface area is 106 Å². The van der Waals surface area contributed by atoms with Gasteiger partial charge in [-0.2, -0.15) is 0 Å². The second kappa shape index (κ2) is 3.96. The fraction of sp³-hybridized carbons (Fsp3) is 0.750. The predicted molar refractivity (Wildman–Crippen MR) is 62.7 cm³/mol. The van der Waals surface area contributed by atoms with Gasteiger partial charge < -0.3 is 4.74 Å². The predicted octanol–water partition coefficient (Wildman–Crippen LogP) is 0.753. The van der Waals surface area contributed by atoms with Crippen LogP contribution in [0.2, 0.25) is 0 Å². The minimum atomic E-state index is -0.633. The third-order valence-corrected chi connectivity index (χ3v) is 3.22. The van der Waals surface area contributed by atoms with E-state index >= 15 is 0 Å². The molecule has 0 radical (unpaired) electrons. The van der Waals surface area contributed by atoms with Crippen molar-refractivity contribution in [1.82, 2.24) is 9.80 Å². The highest BCUT2D eigenvalue weighted by atomic mass is 16.6. The quantitative estimate of drug-likeness (QED) is 0.598. The second-order valence-corrected chi connectivity index (χ2v) is 5.73. The number of likely N-dealkylation sites (tertiary alicyclic amines) is 1. The molecule has 0 saturated carbocycles. The molecule has 0 aromatic rings. The third-order valence-electron chi connectivity index (χ3n) is 3.22. The van der Waals surface area contributed by atoms with Gasteiger partial charge in [-0.05, 0) is 33.6 Å². The normalized spacial score (nSPS) is 27.8. The van der Waals surface area contributed by atoms with Gasteiger partial charge in [0, 0.05) is 7.05 Å². The topological polar surface area (TPSA) is 66.9 Å². The first-order valence-electron chi connectivity index (χ1n) is 6.05. The van der Waals surface area contributed by atoms with Crippen LogP contribution in [-0.4, -0.2) is 52.4 Å². The fourth-order valence-electron chi connectivity index (χ4n) is 2.42. The van der Waals surface area contributed by atoms with Crippen molar-refractivity contribution in [2.24, 2.45) is 0 Å². The van der Waals surface area contributed by atoms with Crippen molar-refractivity contribution in [1.29, 1.82) is 0 Å². The molecule has 6 nitrogen and oxygen atoms in total. The van der Waals surface area contributed by atoms with Gasteiger partial charge in [0.15, 0.2) is 0 Å². The smallest absolute Gasteiger partial charge is 0.411 e. The molecule has 2 heterocycles. The van der Waals surface area contributed by atoms with E-state index in [4.69, 9.17) is 4.74 Å². The van der Waals surface area contributed by atoms with E-state index in [0.717, 1.165) is 4.90 Å². The van der Waals surface area contributed by atoms with E-state index in [1.54, 1.807) is 20.8 Å². The summed E-state index contributed by atoms with van der Waals surface area (Å²) in [6, 6.07) is -1.10. The Balaban J connectivity index is 2.22. The average Bonchev–Trinajstić information content (AvgIpc) is 2.63. The van der Waals surface area contributed by atoms with Crippen LogP contribution in [0.4, 0.5) is 4.79 Å². The van der Waals surface area contributed by atoms with Gasteiger partial charge >= 0.3 is 6.09 Å². The summed E-state index contributed by atoms with van der Waals surface area (Å²) in [6.45, 7) is 5.27. The van der Waals surface area contributed by atoms with Gasteiger partial charge in [-0.3, -0.25) is 19.4 Å². The summed E-state index contributed by atoms with van der Waals surface area (Å²) in [6.07, 6.45) is 0.474. The number of piperazine rings is 1. The van der Waals surface area contributed by atoms with Crippen LogP contribution in [0.15, 0.2) is 0 Å². The zero-order chi connectivity index (χ0) is 13.7. The first-order valence-corrected chi connectivity index (χ1v) is 6.05. The number of imide groups is 1. The minimum absolute atomic E-state index is 0.320. The van der Waals surface area contributed by atoms with Crippen LogP contribution in [0.3, 0.4) is 0 Å². The van der Waals surface area contributed by atoms with E-state index in [-0.39, 0.29) is 11.8 Å². The van der Waals surface area contributed by atoms with Crippen LogP contribution < -0.4 is 0 Å². The lowest BCUT2D eigenvalue weighted by Crippen LogP contribution is -2.61. The largest absolute Gasteiger partial charge is 0.444 e. The standard InChI is InChI=1S/C12H18N2O4/c1-12(2,3)18-11(17)14-7-5-6-8(14)10(16)13(4)9(7)15/h7-8H,5-6H2,1-4H3/t7-,8+. The van der Waals surface area contributed by atoms with Crippen LogP contribution in [0.1, 0.15) is 33.6 Å². The van der Waals surface area contributed by atoms with E-state index in [1.165, 1.54) is 11.9 Å². The summed E-state index contributed by atoms with van der Waals surface area (Å²) in [5, 5.41) is 0. The van der Waals surface area contributed by atoms with Crippen molar-refractivity contribution in [3.05, 3.63) is 0 Å². The molecule has 2 aliphatic heterocycles. The zero-order valence-corrected chi connectivity index (χ0v) is 11.1. The lowest BCUT2D eigenvalue weighted by atomic mass is 10.2. The van der Waals surface area contributed by atoms with Crippen LogP contribution in [0, 0.1) is 0 Å². The SMILES string of the molecule is CN1C(=O)[C@H]2CC[C@@H](C1=O)N2C(=O)OC(C)(C)C. The van der Waals surface area contributed by atoms with Crippen LogP contribution in [0.5, 0.6) is 0 Å². The van der Waals surface area contributed by atoms with Gasteiger partial charge in [0.2, 0.25) is 0 Å². The van der Waals surface area contributed by atoms with Gasteiger partial charge in [0.25, 0.3) is 11.8 Å². The fourth-order valence-corrected chi connectivity index (χ4v) is 2.42. The summed E-state index contributed by atoms with van der Waals surface area (Å²) in [5.41, 5.74) is -0.633. The van der Waals surface area contributed by atoms with Crippen LogP contribution >= 0.6 is 0 Å². The Morgan fingerprint density at radius 1 is 1.17 bits per heavy atom. The molecule has 0 spiro atoms. The van der Waals surface area contributed by atoms with Gasteiger partial charge in [-0.1, -0.05) is 0 Å². The van der Waals surface area contributed by atoms with Crippen molar-refractivity contribution in [2.45, 2.75) is 51.3 Å². The number of rotatable bonds is 0. The number of carbonyl (C=O) groups excluding carboxylic acids is 3. The molecule has 0 aromatic carbocycles. The van der Waals surface area contributed by atoms with Crippen molar-refractivity contribution in [3.8, 4) is 0 Å². The molecule has 0 N–H and O–H groups in total. The zero-order valence-electron chi connectivity index (χ0n) is 11.1. The number of likely N-dealkylation sites (N-methyl/N-ethyl adjacent to an activating group) is 1. The minimum Gasteiger partial charge on any atom is -0.444 e. The summed E-state index contributed by atoms with van der Waals surface area (Å²) < 4.78 is 5.25. The van der Waals surface area contributed by atoms with Crippen LogP contribution in [0.25, 0.3) is 0 Å². The molecule has 2 atom stereocenters. The van der Waals surface area contributed by atoms with Crippen molar-refractivity contribution < 1.29 is 19.1 Å². The highest BCUT2D eigenvalue weighted by Crippen LogP contribution is 2.32. The lowest BCUT2D eigenvalue weighted by Gasteiger charge is -2.37. The Morgan fingerprint density at radius 3 is 2.00 bits per heavy atom. The highest BCUT2D eigenvalue weighted by molar-refractivity contribution is 6.06. The summed E-state index contributed by atoms with van der Waals surface area (Å²) in [4.78, 5) is 38.3. The molecule has 0 aliphatic carbocycles.